The van der Waals surface area contributed by atoms with Crippen LogP contribution in [-0.4, -0.2) is 18.9 Å². The first-order valence-corrected chi connectivity index (χ1v) is 7.08. The van der Waals surface area contributed by atoms with Gasteiger partial charge >= 0.3 is 0 Å². The van der Waals surface area contributed by atoms with Crippen molar-refractivity contribution in [2.75, 3.05) is 13.1 Å². The number of carbonyl (C=O) groups is 1. The van der Waals surface area contributed by atoms with Crippen LogP contribution in [0.15, 0.2) is 24.3 Å². The van der Waals surface area contributed by atoms with Gasteiger partial charge < -0.3 is 5.32 Å². The Morgan fingerprint density at radius 3 is 2.72 bits per heavy atom. The van der Waals surface area contributed by atoms with Crippen molar-refractivity contribution in [3.63, 3.8) is 0 Å². The van der Waals surface area contributed by atoms with Crippen LogP contribution in [0, 0.1) is 5.92 Å². The lowest BCUT2D eigenvalue weighted by Crippen LogP contribution is -2.27. The fourth-order valence-corrected chi connectivity index (χ4v) is 2.52. The highest BCUT2D eigenvalue weighted by molar-refractivity contribution is 5.99. The van der Waals surface area contributed by atoms with Gasteiger partial charge in [0.15, 0.2) is 5.78 Å². The molecule has 1 aliphatic rings. The normalized spacial score (nSPS) is 17.2. The van der Waals surface area contributed by atoms with Crippen LogP contribution in [0.2, 0.25) is 0 Å². The van der Waals surface area contributed by atoms with Crippen molar-refractivity contribution in [1.82, 2.24) is 5.32 Å². The first-order valence-electron chi connectivity index (χ1n) is 7.08. The van der Waals surface area contributed by atoms with E-state index in [0.717, 1.165) is 18.7 Å². The van der Waals surface area contributed by atoms with Crippen LogP contribution in [0.25, 0.3) is 0 Å². The molecule has 1 N–H and O–H groups in total. The second kappa shape index (κ2) is 6.14. The van der Waals surface area contributed by atoms with E-state index in [2.05, 4.69) is 24.4 Å². The van der Waals surface area contributed by atoms with Crippen molar-refractivity contribution in [3.05, 3.63) is 35.4 Å². The minimum absolute atomic E-state index is 0.0613. The molecule has 1 unspecified atom stereocenters. The summed E-state index contributed by atoms with van der Waals surface area (Å²) < 4.78 is 0. The molecule has 0 spiro atoms. The lowest BCUT2D eigenvalue weighted by Gasteiger charge is -2.28. The molecular formula is C16H23NO. The second-order valence-electron chi connectivity index (χ2n) is 5.29. The Labute approximate surface area is 110 Å². The molecule has 0 aromatic heterocycles. The van der Waals surface area contributed by atoms with Crippen LogP contribution >= 0.6 is 0 Å². The van der Waals surface area contributed by atoms with Gasteiger partial charge in [-0.3, -0.25) is 4.79 Å². The Kier molecular flexibility index (Phi) is 4.54. The van der Waals surface area contributed by atoms with E-state index in [1.165, 1.54) is 24.8 Å². The largest absolute Gasteiger partial charge is 0.316 e. The number of Topliss-reactive ketones (excluding diaryl/α,β-unsaturated/α-hetero) is 1. The first kappa shape index (κ1) is 13.3. The smallest absolute Gasteiger partial charge is 0.167 e. The lowest BCUT2D eigenvalue weighted by molar-refractivity contribution is 0.0927. The molecule has 1 aromatic rings. The Balaban J connectivity index is 2.13. The average Bonchev–Trinajstić information content (AvgIpc) is 2.33. The van der Waals surface area contributed by atoms with Crippen molar-refractivity contribution in [1.29, 1.82) is 0 Å². The number of benzene rings is 1. The molecule has 2 nitrogen and oxygen atoms in total. The fourth-order valence-electron chi connectivity index (χ4n) is 2.52. The summed E-state index contributed by atoms with van der Waals surface area (Å²) in [4.78, 5) is 12.5. The number of rotatable bonds is 6. The highest BCUT2D eigenvalue weighted by Crippen LogP contribution is 2.38. The van der Waals surface area contributed by atoms with Gasteiger partial charge in [-0.1, -0.05) is 44.5 Å². The predicted molar refractivity (Wildman–Crippen MR) is 75.1 cm³/mol. The fraction of sp³-hybridized carbons (Fsp3) is 0.562. The van der Waals surface area contributed by atoms with Crippen LogP contribution in [0.5, 0.6) is 0 Å². The Hall–Kier alpha value is -1.15. The molecule has 1 saturated carbocycles. The number of ketones is 1. The summed E-state index contributed by atoms with van der Waals surface area (Å²) in [5, 5.41) is 3.25. The second-order valence-corrected chi connectivity index (χ2v) is 5.29. The molecule has 1 aromatic carbocycles. The summed E-state index contributed by atoms with van der Waals surface area (Å²) in [7, 11) is 0. The zero-order chi connectivity index (χ0) is 13.0. The summed E-state index contributed by atoms with van der Waals surface area (Å²) in [5.74, 6) is 0.973. The standard InChI is InChI=1S/C16H23NO/c1-3-17-11-12(2)16(18)15-10-5-4-9-14(15)13-7-6-8-13/h4-5,9-10,12-13,17H,3,6-8,11H2,1-2H3. The minimum atomic E-state index is 0.0613. The molecule has 0 aliphatic heterocycles. The molecule has 2 rings (SSSR count). The van der Waals surface area contributed by atoms with E-state index in [-0.39, 0.29) is 5.92 Å². The van der Waals surface area contributed by atoms with Gasteiger partial charge in [0.25, 0.3) is 0 Å². The molecular weight excluding hydrogens is 222 g/mol. The van der Waals surface area contributed by atoms with Crippen molar-refractivity contribution in [3.8, 4) is 0 Å². The van der Waals surface area contributed by atoms with Gasteiger partial charge in [0.1, 0.15) is 0 Å². The van der Waals surface area contributed by atoms with E-state index in [0.29, 0.717) is 11.7 Å². The van der Waals surface area contributed by atoms with Gasteiger partial charge in [-0.15, -0.1) is 0 Å². The van der Waals surface area contributed by atoms with Crippen LogP contribution in [0.3, 0.4) is 0 Å². The number of hydrogen-bond donors (Lipinski definition) is 1. The molecule has 0 heterocycles. The van der Waals surface area contributed by atoms with Gasteiger partial charge in [-0.05, 0) is 30.9 Å². The molecule has 18 heavy (non-hydrogen) atoms. The zero-order valence-corrected chi connectivity index (χ0v) is 11.4. The Bertz CT molecular complexity index is 409. The molecule has 0 radical (unpaired) electrons. The van der Waals surface area contributed by atoms with Crippen LogP contribution in [-0.2, 0) is 0 Å². The van der Waals surface area contributed by atoms with Gasteiger partial charge in [0.2, 0.25) is 0 Å². The van der Waals surface area contributed by atoms with Gasteiger partial charge in [0, 0.05) is 18.0 Å². The third kappa shape index (κ3) is 2.81. The maximum absolute atomic E-state index is 12.5. The lowest BCUT2D eigenvalue weighted by atomic mass is 9.77. The van der Waals surface area contributed by atoms with Crippen molar-refractivity contribution in [2.24, 2.45) is 5.92 Å². The van der Waals surface area contributed by atoms with Crippen molar-refractivity contribution >= 4 is 5.78 Å². The summed E-state index contributed by atoms with van der Waals surface area (Å²) in [6.07, 6.45) is 3.79. The van der Waals surface area contributed by atoms with Gasteiger partial charge in [-0.25, -0.2) is 0 Å². The van der Waals surface area contributed by atoms with Crippen molar-refractivity contribution < 1.29 is 4.79 Å². The van der Waals surface area contributed by atoms with E-state index in [9.17, 15) is 4.79 Å². The predicted octanol–water partition coefficient (Wildman–Crippen LogP) is 3.38. The van der Waals surface area contributed by atoms with Crippen LogP contribution < -0.4 is 5.32 Å². The summed E-state index contributed by atoms with van der Waals surface area (Å²) >= 11 is 0. The zero-order valence-electron chi connectivity index (χ0n) is 11.4. The molecule has 1 aliphatic carbocycles. The van der Waals surface area contributed by atoms with Crippen LogP contribution in [0.1, 0.15) is 54.9 Å². The quantitative estimate of drug-likeness (QED) is 0.778. The molecule has 1 atom stereocenters. The monoisotopic (exact) mass is 245 g/mol. The molecule has 1 fully saturated rings. The summed E-state index contributed by atoms with van der Waals surface area (Å²) in [5.41, 5.74) is 2.23. The molecule has 0 bridgehead atoms. The van der Waals surface area contributed by atoms with E-state index in [1.54, 1.807) is 0 Å². The van der Waals surface area contributed by atoms with E-state index < -0.39 is 0 Å². The molecule has 2 heteroatoms. The maximum atomic E-state index is 12.5. The maximum Gasteiger partial charge on any atom is 0.167 e. The Morgan fingerprint density at radius 1 is 1.39 bits per heavy atom. The van der Waals surface area contributed by atoms with Gasteiger partial charge in [0.05, 0.1) is 0 Å². The number of nitrogens with one attached hydrogen (secondary N) is 1. The van der Waals surface area contributed by atoms with E-state index >= 15 is 0 Å². The van der Waals surface area contributed by atoms with Crippen molar-refractivity contribution in [2.45, 2.75) is 39.0 Å². The van der Waals surface area contributed by atoms with E-state index in [1.807, 2.05) is 19.1 Å². The van der Waals surface area contributed by atoms with Crippen LogP contribution in [0.4, 0.5) is 0 Å². The molecule has 0 saturated heterocycles. The van der Waals surface area contributed by atoms with E-state index in [4.69, 9.17) is 0 Å². The first-order chi connectivity index (χ1) is 8.74. The summed E-state index contributed by atoms with van der Waals surface area (Å²) in [6.45, 7) is 5.78. The highest BCUT2D eigenvalue weighted by atomic mass is 16.1. The third-order valence-electron chi connectivity index (χ3n) is 3.92. The Morgan fingerprint density at radius 2 is 2.11 bits per heavy atom. The summed E-state index contributed by atoms with van der Waals surface area (Å²) in [6, 6.07) is 8.17. The highest BCUT2D eigenvalue weighted by Gasteiger charge is 2.25. The number of carbonyl (C=O) groups excluding carboxylic acids is 1. The minimum Gasteiger partial charge on any atom is -0.316 e. The average molecular weight is 245 g/mol. The molecule has 98 valence electrons. The molecule has 0 amide bonds. The topological polar surface area (TPSA) is 29.1 Å². The number of hydrogen-bond acceptors (Lipinski definition) is 2. The van der Waals surface area contributed by atoms with Gasteiger partial charge in [-0.2, -0.15) is 0 Å². The third-order valence-corrected chi connectivity index (χ3v) is 3.92. The SMILES string of the molecule is CCNCC(C)C(=O)c1ccccc1C1CCC1.